The van der Waals surface area contributed by atoms with Crippen molar-refractivity contribution in [3.8, 4) is 0 Å². The normalized spacial score (nSPS) is 30.2. The highest BCUT2D eigenvalue weighted by Crippen LogP contribution is 2.39. The van der Waals surface area contributed by atoms with Gasteiger partial charge in [0.15, 0.2) is 0 Å². The van der Waals surface area contributed by atoms with E-state index in [2.05, 4.69) is 12.2 Å². The Labute approximate surface area is 170 Å². The van der Waals surface area contributed by atoms with E-state index in [0.717, 1.165) is 41.2 Å². The van der Waals surface area contributed by atoms with Crippen molar-refractivity contribution in [2.75, 3.05) is 18.0 Å². The molecule has 1 aromatic rings. The minimum absolute atomic E-state index is 0.0916. The number of nitrogens with one attached hydrogen (secondary N) is 1. The summed E-state index contributed by atoms with van der Waals surface area (Å²) in [5.74, 6) is -0.343. The first-order valence-corrected chi connectivity index (χ1v) is 11.0. The lowest BCUT2D eigenvalue weighted by atomic mass is 9.73. The monoisotopic (exact) mass is 401 g/mol. The highest BCUT2D eigenvalue weighted by molar-refractivity contribution is 8.00. The number of carbonyl (C=O) groups is 3. The zero-order chi connectivity index (χ0) is 19.9. The van der Waals surface area contributed by atoms with Crippen molar-refractivity contribution in [3.05, 3.63) is 24.3 Å². The first kappa shape index (κ1) is 19.3. The fraction of sp³-hybridized carbons (Fsp3) is 0.571. The van der Waals surface area contributed by atoms with Crippen molar-refractivity contribution in [1.82, 2.24) is 10.2 Å². The molecule has 1 aliphatic carbocycles. The third kappa shape index (κ3) is 3.19. The number of fused-ring (bicyclic) bond motifs is 1. The fourth-order valence-corrected chi connectivity index (χ4v) is 5.72. The van der Waals surface area contributed by atoms with Gasteiger partial charge in [0.05, 0.1) is 5.69 Å². The summed E-state index contributed by atoms with van der Waals surface area (Å²) in [7, 11) is 0. The number of benzene rings is 1. The summed E-state index contributed by atoms with van der Waals surface area (Å²) in [5, 5.41) is 3.33. The zero-order valence-corrected chi connectivity index (χ0v) is 17.3. The highest BCUT2D eigenvalue weighted by atomic mass is 32.2. The average Bonchev–Trinajstić information content (AvgIpc) is 2.81. The number of urea groups is 1. The van der Waals surface area contributed by atoms with Gasteiger partial charge in [-0.15, -0.1) is 11.8 Å². The standard InChI is InChI=1S/C21H27N3O3S/c1-14-7-5-6-11-21(14)19(26)24(20(27)22-21)13-18(25)23-12-10-15(2)28-17-9-4-3-8-16(17)23/h3-4,8-9,14-15H,5-7,10-13H2,1-2H3,(H,22,27)/t14-,15+,21+/m1/s1. The molecule has 0 bridgehead atoms. The van der Waals surface area contributed by atoms with Gasteiger partial charge in [0.2, 0.25) is 5.91 Å². The molecule has 7 heteroatoms. The number of hydrogen-bond donors (Lipinski definition) is 1. The summed E-state index contributed by atoms with van der Waals surface area (Å²) in [6.45, 7) is 4.56. The molecule has 3 aliphatic rings. The number of carbonyl (C=O) groups excluding carboxylic acids is 3. The van der Waals surface area contributed by atoms with E-state index >= 15 is 0 Å². The molecule has 2 fully saturated rings. The first-order valence-electron chi connectivity index (χ1n) is 10.1. The highest BCUT2D eigenvalue weighted by Gasteiger charge is 2.55. The Morgan fingerprint density at radius 1 is 1.21 bits per heavy atom. The Morgan fingerprint density at radius 2 is 2.00 bits per heavy atom. The molecule has 1 saturated carbocycles. The molecule has 4 amide bonds. The predicted octanol–water partition coefficient (Wildman–Crippen LogP) is 3.40. The average molecular weight is 402 g/mol. The Balaban J connectivity index is 1.55. The van der Waals surface area contributed by atoms with E-state index < -0.39 is 11.6 Å². The molecule has 1 spiro atoms. The predicted molar refractivity (Wildman–Crippen MR) is 109 cm³/mol. The molecule has 0 radical (unpaired) electrons. The lowest BCUT2D eigenvalue weighted by Crippen LogP contribution is -2.54. The number of anilines is 1. The van der Waals surface area contributed by atoms with Gasteiger partial charge in [-0.05, 0) is 37.3 Å². The number of thioether (sulfide) groups is 1. The maximum atomic E-state index is 13.2. The molecule has 1 saturated heterocycles. The van der Waals surface area contributed by atoms with E-state index in [0.29, 0.717) is 18.2 Å². The largest absolute Gasteiger partial charge is 0.325 e. The van der Waals surface area contributed by atoms with Gasteiger partial charge in [-0.3, -0.25) is 14.5 Å². The second kappa shape index (κ2) is 7.43. The zero-order valence-electron chi connectivity index (χ0n) is 16.4. The minimum atomic E-state index is -0.823. The molecule has 1 aromatic carbocycles. The van der Waals surface area contributed by atoms with Crippen LogP contribution >= 0.6 is 11.8 Å². The summed E-state index contributed by atoms with van der Waals surface area (Å²) >= 11 is 1.76. The summed E-state index contributed by atoms with van der Waals surface area (Å²) in [5.41, 5.74) is 0.0473. The van der Waals surface area contributed by atoms with Crippen LogP contribution in [0.25, 0.3) is 0 Å². The van der Waals surface area contributed by atoms with Crippen molar-refractivity contribution in [2.24, 2.45) is 5.92 Å². The van der Waals surface area contributed by atoms with Gasteiger partial charge in [-0.25, -0.2) is 4.79 Å². The Bertz CT molecular complexity index is 814. The van der Waals surface area contributed by atoms with Crippen molar-refractivity contribution in [1.29, 1.82) is 0 Å². The number of para-hydroxylation sites is 1. The second-order valence-corrected chi connectivity index (χ2v) is 9.65. The van der Waals surface area contributed by atoms with Gasteiger partial charge in [0.1, 0.15) is 12.1 Å². The van der Waals surface area contributed by atoms with Crippen LogP contribution in [0.4, 0.5) is 10.5 Å². The maximum Gasteiger partial charge on any atom is 0.325 e. The van der Waals surface area contributed by atoms with Gasteiger partial charge in [-0.1, -0.05) is 38.8 Å². The summed E-state index contributed by atoms with van der Waals surface area (Å²) in [6, 6.07) is 7.42. The molecule has 3 atom stereocenters. The van der Waals surface area contributed by atoms with Crippen LogP contribution in [0.15, 0.2) is 29.2 Å². The molecular weight excluding hydrogens is 374 g/mol. The van der Waals surface area contributed by atoms with Gasteiger partial charge >= 0.3 is 6.03 Å². The van der Waals surface area contributed by atoms with Gasteiger partial charge < -0.3 is 10.2 Å². The Hall–Kier alpha value is -2.02. The summed E-state index contributed by atoms with van der Waals surface area (Å²) in [6.07, 6.45) is 4.44. The van der Waals surface area contributed by atoms with E-state index in [1.165, 1.54) is 0 Å². The fourth-order valence-electron chi connectivity index (χ4n) is 4.61. The number of amides is 4. The van der Waals surface area contributed by atoms with E-state index in [-0.39, 0.29) is 24.3 Å². The van der Waals surface area contributed by atoms with E-state index in [9.17, 15) is 14.4 Å². The van der Waals surface area contributed by atoms with Gasteiger partial charge in [0, 0.05) is 16.7 Å². The Kier molecular flexibility index (Phi) is 5.12. The van der Waals surface area contributed by atoms with E-state index in [4.69, 9.17) is 0 Å². The number of imide groups is 1. The van der Waals surface area contributed by atoms with E-state index in [1.807, 2.05) is 31.2 Å². The molecule has 2 heterocycles. The molecular formula is C21H27N3O3S. The molecule has 0 aromatic heterocycles. The molecule has 6 nitrogen and oxygen atoms in total. The van der Waals surface area contributed by atoms with E-state index in [1.54, 1.807) is 16.7 Å². The van der Waals surface area contributed by atoms with Crippen LogP contribution in [0, 0.1) is 5.92 Å². The lowest BCUT2D eigenvalue weighted by Gasteiger charge is -2.36. The van der Waals surface area contributed by atoms with Crippen LogP contribution in [-0.4, -0.2) is 46.6 Å². The first-order chi connectivity index (χ1) is 13.4. The van der Waals surface area contributed by atoms with Crippen LogP contribution in [-0.2, 0) is 9.59 Å². The van der Waals surface area contributed by atoms with Gasteiger partial charge in [-0.2, -0.15) is 0 Å². The quantitative estimate of drug-likeness (QED) is 0.771. The van der Waals surface area contributed by atoms with Crippen molar-refractivity contribution in [3.63, 3.8) is 0 Å². The Morgan fingerprint density at radius 3 is 2.79 bits per heavy atom. The number of hydrogen-bond acceptors (Lipinski definition) is 4. The molecule has 1 N–H and O–H groups in total. The number of rotatable bonds is 2. The smallest absolute Gasteiger partial charge is 0.323 e. The third-order valence-corrected chi connectivity index (χ3v) is 7.58. The van der Waals surface area contributed by atoms with Crippen LogP contribution in [0.1, 0.15) is 46.0 Å². The molecule has 2 aliphatic heterocycles. The van der Waals surface area contributed by atoms with Crippen LogP contribution in [0.3, 0.4) is 0 Å². The SMILES string of the molecule is C[C@@H]1CCCC[C@]12NC(=O)N(CC(=O)N1CC[C@H](C)Sc3ccccc31)C2=O. The molecule has 150 valence electrons. The second-order valence-electron chi connectivity index (χ2n) is 8.17. The maximum absolute atomic E-state index is 13.2. The van der Waals surface area contributed by atoms with Crippen LogP contribution in [0.5, 0.6) is 0 Å². The minimum Gasteiger partial charge on any atom is -0.323 e. The van der Waals surface area contributed by atoms with Crippen molar-refractivity contribution in [2.45, 2.75) is 61.6 Å². The van der Waals surface area contributed by atoms with Crippen LogP contribution in [0.2, 0.25) is 0 Å². The molecule has 28 heavy (non-hydrogen) atoms. The van der Waals surface area contributed by atoms with Crippen molar-refractivity contribution < 1.29 is 14.4 Å². The third-order valence-electron chi connectivity index (χ3n) is 6.34. The summed E-state index contributed by atoms with van der Waals surface area (Å²) < 4.78 is 0. The van der Waals surface area contributed by atoms with Crippen LogP contribution < -0.4 is 10.2 Å². The van der Waals surface area contributed by atoms with Gasteiger partial charge in [0.25, 0.3) is 5.91 Å². The number of nitrogens with zero attached hydrogens (tertiary/aromatic N) is 2. The molecule has 0 unspecified atom stereocenters. The topological polar surface area (TPSA) is 69.7 Å². The lowest BCUT2D eigenvalue weighted by molar-refractivity contribution is -0.136. The molecule has 4 rings (SSSR count). The summed E-state index contributed by atoms with van der Waals surface area (Å²) in [4.78, 5) is 42.9. The van der Waals surface area contributed by atoms with Crippen molar-refractivity contribution >= 4 is 35.3 Å².